The van der Waals surface area contributed by atoms with Gasteiger partial charge in [-0.25, -0.2) is 4.79 Å². The van der Waals surface area contributed by atoms with Crippen LogP contribution in [0.2, 0.25) is 0 Å². The molecule has 4 rings (SSSR count). The Morgan fingerprint density at radius 3 is 2.44 bits per heavy atom. The van der Waals surface area contributed by atoms with E-state index in [1.165, 1.54) is 16.5 Å². The van der Waals surface area contributed by atoms with Crippen LogP contribution in [0.3, 0.4) is 0 Å². The number of amides is 1. The van der Waals surface area contributed by atoms with Gasteiger partial charge in [0.2, 0.25) is 0 Å². The van der Waals surface area contributed by atoms with E-state index in [2.05, 4.69) is 37.0 Å². The first-order chi connectivity index (χ1) is 15.9. The van der Waals surface area contributed by atoms with Crippen LogP contribution in [0.5, 0.6) is 5.75 Å². The molecule has 6 nitrogen and oxygen atoms in total. The number of nitrogens with two attached hydrogens (primary N) is 1. The fraction of sp³-hybridized carbons (Fsp3) is 0.464. The molecule has 0 spiro atoms. The number of phenolic OH excluding ortho intramolecular Hbond substituents is 1. The molecule has 4 N–H and O–H groups in total. The summed E-state index contributed by atoms with van der Waals surface area (Å²) in [4.78, 5) is 17.8. The summed E-state index contributed by atoms with van der Waals surface area (Å²) >= 11 is 0. The molecule has 34 heavy (non-hydrogen) atoms. The minimum Gasteiger partial charge on any atom is -0.506 e. The highest BCUT2D eigenvalue weighted by Gasteiger charge is 2.28. The number of nitrogens with one attached hydrogen (secondary N) is 1. The molecule has 1 saturated heterocycles. The summed E-state index contributed by atoms with van der Waals surface area (Å²) in [5.41, 5.74) is 12.4. The smallest absolute Gasteiger partial charge is 0.410 e. The number of likely N-dealkylation sites (tertiary alicyclic amines) is 1. The van der Waals surface area contributed by atoms with E-state index in [-0.39, 0.29) is 11.8 Å². The number of anilines is 1. The number of piperidine rings is 1. The fourth-order valence-corrected chi connectivity index (χ4v) is 4.96. The third-order valence-electron chi connectivity index (χ3n) is 6.71. The Hall–Kier alpha value is -3.15. The predicted molar refractivity (Wildman–Crippen MR) is 138 cm³/mol. The lowest BCUT2D eigenvalue weighted by Gasteiger charge is -2.33. The number of ether oxygens (including phenoxy) is 1. The molecule has 182 valence electrons. The lowest BCUT2D eigenvalue weighted by molar-refractivity contribution is 0.0205. The van der Waals surface area contributed by atoms with Gasteiger partial charge in [-0.15, -0.1) is 0 Å². The Balaban J connectivity index is 1.63. The summed E-state index contributed by atoms with van der Waals surface area (Å²) in [7, 11) is 0. The van der Waals surface area contributed by atoms with Crippen LogP contribution in [0.15, 0.2) is 30.3 Å². The fourth-order valence-electron chi connectivity index (χ4n) is 4.96. The van der Waals surface area contributed by atoms with Crippen LogP contribution >= 0.6 is 0 Å². The van der Waals surface area contributed by atoms with Gasteiger partial charge in [0.1, 0.15) is 11.4 Å². The van der Waals surface area contributed by atoms with Crippen LogP contribution in [-0.2, 0) is 4.74 Å². The summed E-state index contributed by atoms with van der Waals surface area (Å²) in [6.07, 6.45) is 1.62. The molecule has 1 amide bonds. The molecule has 0 unspecified atom stereocenters. The number of fused-ring (bicyclic) bond motifs is 1. The highest BCUT2D eigenvalue weighted by atomic mass is 16.6. The minimum absolute atomic E-state index is 0.112. The first kappa shape index (κ1) is 24.0. The van der Waals surface area contributed by atoms with E-state index in [9.17, 15) is 9.90 Å². The van der Waals surface area contributed by atoms with Gasteiger partial charge in [0.15, 0.2) is 0 Å². The Labute approximate surface area is 202 Å². The van der Waals surface area contributed by atoms with Crippen molar-refractivity contribution in [3.05, 3.63) is 47.0 Å². The molecule has 1 aromatic heterocycles. The number of carbonyl (C=O) groups excluding carboxylic acids is 1. The predicted octanol–water partition coefficient (Wildman–Crippen LogP) is 6.67. The second kappa shape index (κ2) is 8.90. The zero-order valence-corrected chi connectivity index (χ0v) is 21.2. The summed E-state index contributed by atoms with van der Waals surface area (Å²) in [6, 6.07) is 10.4. The molecule has 0 saturated carbocycles. The molecule has 0 aliphatic carbocycles. The molecule has 0 bridgehead atoms. The van der Waals surface area contributed by atoms with Crippen molar-refractivity contribution >= 4 is 22.7 Å². The first-order valence-corrected chi connectivity index (χ1v) is 12.2. The van der Waals surface area contributed by atoms with Gasteiger partial charge < -0.3 is 25.5 Å². The number of carbonyl (C=O) groups is 1. The van der Waals surface area contributed by atoms with Crippen molar-refractivity contribution in [3.8, 4) is 17.0 Å². The maximum absolute atomic E-state index is 12.4. The third kappa shape index (κ3) is 4.72. The Morgan fingerprint density at radius 1 is 1.18 bits per heavy atom. The van der Waals surface area contributed by atoms with Gasteiger partial charge in [-0.05, 0) is 93.3 Å². The first-order valence-electron chi connectivity index (χ1n) is 12.2. The van der Waals surface area contributed by atoms with Crippen LogP contribution in [0.4, 0.5) is 10.5 Å². The SMILES string of the molecule is Cc1cc(-c2[nH]c3ccc(C4CCN(C(=O)OC(C)(C)C)CC4)cc3c2C(C)C)cc(O)c1N. The zero-order valence-electron chi connectivity index (χ0n) is 21.2. The number of aromatic hydroxyl groups is 1. The van der Waals surface area contributed by atoms with Crippen molar-refractivity contribution in [3.63, 3.8) is 0 Å². The lowest BCUT2D eigenvalue weighted by atomic mass is 9.87. The van der Waals surface area contributed by atoms with Gasteiger partial charge in [-0.3, -0.25) is 0 Å². The summed E-state index contributed by atoms with van der Waals surface area (Å²) in [5.74, 6) is 0.818. The summed E-state index contributed by atoms with van der Waals surface area (Å²) in [5, 5.41) is 11.5. The number of rotatable bonds is 3. The van der Waals surface area contributed by atoms with Crippen molar-refractivity contribution < 1.29 is 14.6 Å². The zero-order chi connectivity index (χ0) is 24.8. The van der Waals surface area contributed by atoms with E-state index in [0.717, 1.165) is 35.2 Å². The number of hydrogen-bond donors (Lipinski definition) is 3. The summed E-state index contributed by atoms with van der Waals surface area (Å²) < 4.78 is 5.54. The number of benzene rings is 2. The van der Waals surface area contributed by atoms with Gasteiger partial charge in [-0.2, -0.15) is 0 Å². The number of H-pyrrole nitrogens is 1. The van der Waals surface area contributed by atoms with Gasteiger partial charge >= 0.3 is 6.09 Å². The van der Waals surface area contributed by atoms with Crippen molar-refractivity contribution in [1.29, 1.82) is 0 Å². The van der Waals surface area contributed by atoms with Crippen LogP contribution in [0, 0.1) is 6.92 Å². The van der Waals surface area contributed by atoms with Crippen LogP contribution in [-0.4, -0.2) is 39.8 Å². The Bertz CT molecular complexity index is 1190. The molecule has 0 radical (unpaired) electrons. The highest BCUT2D eigenvalue weighted by Crippen LogP contribution is 2.40. The largest absolute Gasteiger partial charge is 0.506 e. The van der Waals surface area contributed by atoms with Crippen molar-refractivity contribution in [2.45, 2.75) is 71.8 Å². The third-order valence-corrected chi connectivity index (χ3v) is 6.71. The van der Waals surface area contributed by atoms with E-state index in [1.807, 2.05) is 38.7 Å². The number of aryl methyl sites for hydroxylation is 1. The topological polar surface area (TPSA) is 91.6 Å². The molecule has 2 aromatic carbocycles. The molecular weight excluding hydrogens is 426 g/mol. The van der Waals surface area contributed by atoms with Crippen molar-refractivity contribution in [2.75, 3.05) is 18.8 Å². The van der Waals surface area contributed by atoms with Crippen LogP contribution in [0.25, 0.3) is 22.2 Å². The molecule has 1 aliphatic rings. The second-order valence-electron chi connectivity index (χ2n) is 10.8. The minimum atomic E-state index is -0.474. The van der Waals surface area contributed by atoms with E-state index < -0.39 is 5.60 Å². The van der Waals surface area contributed by atoms with E-state index in [4.69, 9.17) is 10.5 Å². The number of aromatic nitrogens is 1. The average Bonchev–Trinajstić information content (AvgIpc) is 3.15. The monoisotopic (exact) mass is 463 g/mol. The highest BCUT2D eigenvalue weighted by molar-refractivity contribution is 5.92. The quantitative estimate of drug-likeness (QED) is 0.299. The molecule has 3 aromatic rings. The maximum atomic E-state index is 12.4. The molecule has 1 fully saturated rings. The molecule has 2 heterocycles. The number of aromatic amines is 1. The molecule has 6 heteroatoms. The van der Waals surface area contributed by atoms with Gasteiger partial charge in [-0.1, -0.05) is 19.9 Å². The molecular formula is C28H37N3O3. The lowest BCUT2D eigenvalue weighted by Crippen LogP contribution is -2.41. The average molecular weight is 464 g/mol. The Kier molecular flexibility index (Phi) is 6.28. The van der Waals surface area contributed by atoms with E-state index in [0.29, 0.717) is 30.6 Å². The number of nitrogen functional groups attached to an aromatic ring is 1. The van der Waals surface area contributed by atoms with Gasteiger partial charge in [0.25, 0.3) is 0 Å². The second-order valence-corrected chi connectivity index (χ2v) is 10.8. The normalized spacial score (nSPS) is 15.3. The van der Waals surface area contributed by atoms with Crippen molar-refractivity contribution in [1.82, 2.24) is 9.88 Å². The van der Waals surface area contributed by atoms with E-state index in [1.54, 1.807) is 6.07 Å². The number of phenols is 1. The Morgan fingerprint density at radius 2 is 1.85 bits per heavy atom. The van der Waals surface area contributed by atoms with Gasteiger partial charge in [0.05, 0.1) is 11.4 Å². The van der Waals surface area contributed by atoms with E-state index >= 15 is 0 Å². The maximum Gasteiger partial charge on any atom is 0.410 e. The van der Waals surface area contributed by atoms with Crippen LogP contribution < -0.4 is 5.73 Å². The molecule has 0 atom stereocenters. The molecule has 1 aliphatic heterocycles. The van der Waals surface area contributed by atoms with Gasteiger partial charge in [0, 0.05) is 29.6 Å². The number of nitrogens with zero attached hydrogens (tertiary/aromatic N) is 1. The van der Waals surface area contributed by atoms with Crippen molar-refractivity contribution in [2.24, 2.45) is 0 Å². The number of hydrogen-bond acceptors (Lipinski definition) is 4. The van der Waals surface area contributed by atoms with Crippen LogP contribution in [0.1, 0.15) is 76.0 Å². The standard InChI is InChI=1S/C28H37N3O3/c1-16(2)24-21-14-19(18-9-11-31(12-10-18)27(33)34-28(4,5)6)7-8-22(21)30-26(24)20-13-17(3)25(29)23(32)15-20/h7-8,13-16,18,30,32H,9-12,29H2,1-6H3. The summed E-state index contributed by atoms with van der Waals surface area (Å²) in [6.45, 7) is 13.4.